The summed E-state index contributed by atoms with van der Waals surface area (Å²) in [6, 6.07) is 12.1. The third kappa shape index (κ3) is 4.32. The molecule has 1 amide bonds. The lowest BCUT2D eigenvalue weighted by molar-refractivity contribution is -0.384. The highest BCUT2D eigenvalue weighted by molar-refractivity contribution is 8.00. The second-order valence-corrected chi connectivity index (χ2v) is 7.43. The number of thioether (sulfide) groups is 1. The van der Waals surface area contributed by atoms with Crippen molar-refractivity contribution >= 4 is 29.2 Å². The Bertz CT molecular complexity index is 762. The summed E-state index contributed by atoms with van der Waals surface area (Å²) >= 11 is 1.42. The van der Waals surface area contributed by atoms with E-state index in [0.29, 0.717) is 13.1 Å². The Labute approximate surface area is 156 Å². The molecule has 2 aromatic rings. The van der Waals surface area contributed by atoms with Crippen LogP contribution < -0.4 is 4.90 Å². The summed E-state index contributed by atoms with van der Waals surface area (Å²) in [6.07, 6.45) is 1.77. The number of carbonyl (C=O) groups is 1. The quantitative estimate of drug-likeness (QED) is 0.456. The molecule has 1 saturated heterocycles. The highest BCUT2D eigenvalue weighted by Crippen LogP contribution is 2.27. The first-order valence-electron chi connectivity index (χ1n) is 8.40. The molecule has 1 aliphatic rings. The Morgan fingerprint density at radius 3 is 2.42 bits per heavy atom. The molecule has 8 heteroatoms. The first-order valence-corrected chi connectivity index (χ1v) is 9.28. The van der Waals surface area contributed by atoms with Crippen molar-refractivity contribution in [2.45, 2.75) is 17.1 Å². The molecule has 1 aliphatic heterocycles. The van der Waals surface area contributed by atoms with Crippen LogP contribution in [0, 0.1) is 10.1 Å². The minimum Gasteiger partial charge on any atom is -0.353 e. The fourth-order valence-electron chi connectivity index (χ4n) is 2.85. The minimum absolute atomic E-state index is 0.0546. The van der Waals surface area contributed by atoms with Crippen molar-refractivity contribution in [1.82, 2.24) is 9.88 Å². The number of nitro groups is 1. The smallest absolute Gasteiger partial charge is 0.269 e. The van der Waals surface area contributed by atoms with E-state index in [1.54, 1.807) is 18.3 Å². The predicted molar refractivity (Wildman–Crippen MR) is 101 cm³/mol. The van der Waals surface area contributed by atoms with Gasteiger partial charge in [0.05, 0.1) is 10.2 Å². The molecule has 1 aromatic heterocycles. The number of aromatic nitrogens is 1. The molecule has 0 spiro atoms. The Morgan fingerprint density at radius 2 is 1.85 bits per heavy atom. The number of anilines is 1. The lowest BCUT2D eigenvalue weighted by Crippen LogP contribution is -2.50. The molecule has 1 atom stereocenters. The Hall–Kier alpha value is -2.61. The van der Waals surface area contributed by atoms with Crippen LogP contribution in [0.1, 0.15) is 6.92 Å². The van der Waals surface area contributed by atoms with E-state index in [1.165, 1.54) is 23.9 Å². The average molecular weight is 372 g/mol. The predicted octanol–water partition coefficient (Wildman–Crippen LogP) is 2.82. The molecule has 0 saturated carbocycles. The minimum atomic E-state index is -0.426. The lowest BCUT2D eigenvalue weighted by Gasteiger charge is -2.36. The fourth-order valence-corrected chi connectivity index (χ4v) is 3.81. The monoisotopic (exact) mass is 372 g/mol. The Balaban J connectivity index is 1.53. The summed E-state index contributed by atoms with van der Waals surface area (Å²) in [5.74, 6) is 1.03. The number of hydrogen-bond acceptors (Lipinski definition) is 6. The number of nitro benzene ring substituents is 1. The highest BCUT2D eigenvalue weighted by atomic mass is 32.2. The van der Waals surface area contributed by atoms with Crippen LogP contribution >= 0.6 is 11.8 Å². The molecule has 26 heavy (non-hydrogen) atoms. The third-order valence-corrected chi connectivity index (χ3v) is 5.37. The number of amides is 1. The molecule has 0 bridgehead atoms. The second kappa shape index (κ2) is 8.18. The van der Waals surface area contributed by atoms with Gasteiger partial charge in [-0.05, 0) is 31.2 Å². The van der Waals surface area contributed by atoms with Crippen molar-refractivity contribution in [3.05, 3.63) is 58.8 Å². The summed E-state index contributed by atoms with van der Waals surface area (Å²) in [7, 11) is 0. The van der Waals surface area contributed by atoms with Gasteiger partial charge in [-0.2, -0.15) is 0 Å². The van der Waals surface area contributed by atoms with Gasteiger partial charge in [0, 0.05) is 49.4 Å². The van der Waals surface area contributed by atoms with E-state index in [2.05, 4.69) is 9.88 Å². The summed E-state index contributed by atoms with van der Waals surface area (Å²) in [5, 5.41) is 10.5. The molecule has 1 fully saturated rings. The summed E-state index contributed by atoms with van der Waals surface area (Å²) < 4.78 is 0. The van der Waals surface area contributed by atoms with Crippen LogP contribution in [0.15, 0.2) is 53.6 Å². The van der Waals surface area contributed by atoms with Crippen LogP contribution in [0.4, 0.5) is 11.5 Å². The topological polar surface area (TPSA) is 79.6 Å². The number of nitrogens with zero attached hydrogens (tertiary/aromatic N) is 4. The van der Waals surface area contributed by atoms with Crippen molar-refractivity contribution < 1.29 is 9.72 Å². The summed E-state index contributed by atoms with van der Waals surface area (Å²) in [5.41, 5.74) is 0.0546. The Morgan fingerprint density at radius 1 is 1.15 bits per heavy atom. The van der Waals surface area contributed by atoms with Gasteiger partial charge in [-0.3, -0.25) is 14.9 Å². The zero-order valence-electron chi connectivity index (χ0n) is 14.4. The lowest BCUT2D eigenvalue weighted by atomic mass is 10.2. The molecule has 0 N–H and O–H groups in total. The van der Waals surface area contributed by atoms with E-state index >= 15 is 0 Å². The maximum Gasteiger partial charge on any atom is 0.269 e. The normalized spacial score (nSPS) is 15.6. The standard InChI is InChI=1S/C18H20N4O3S/c1-14(26-16-7-5-15(6-8-16)22(24)25)18(23)21-12-10-20(11-13-21)17-4-2-3-9-19-17/h2-9,14H,10-13H2,1H3. The maximum atomic E-state index is 12.7. The second-order valence-electron chi connectivity index (χ2n) is 6.01. The van der Waals surface area contributed by atoms with Crippen molar-refractivity contribution in [2.24, 2.45) is 0 Å². The van der Waals surface area contributed by atoms with E-state index in [9.17, 15) is 14.9 Å². The van der Waals surface area contributed by atoms with E-state index in [4.69, 9.17) is 0 Å². The number of benzene rings is 1. The molecular formula is C18H20N4O3S. The van der Waals surface area contributed by atoms with Crippen molar-refractivity contribution in [1.29, 1.82) is 0 Å². The first-order chi connectivity index (χ1) is 12.5. The van der Waals surface area contributed by atoms with Crippen LogP contribution in [-0.4, -0.2) is 52.1 Å². The molecule has 0 aliphatic carbocycles. The number of carbonyl (C=O) groups excluding carboxylic acids is 1. The van der Waals surface area contributed by atoms with Crippen LogP contribution in [0.3, 0.4) is 0 Å². The number of non-ortho nitro benzene ring substituents is 1. The average Bonchev–Trinajstić information content (AvgIpc) is 2.68. The SMILES string of the molecule is CC(Sc1ccc([N+](=O)[O-])cc1)C(=O)N1CCN(c2ccccn2)CC1. The van der Waals surface area contributed by atoms with Gasteiger partial charge in [0.2, 0.25) is 5.91 Å². The Kier molecular flexibility index (Phi) is 5.72. The van der Waals surface area contributed by atoms with Crippen LogP contribution in [0.25, 0.3) is 0 Å². The van der Waals surface area contributed by atoms with Crippen molar-refractivity contribution in [3.8, 4) is 0 Å². The van der Waals surface area contributed by atoms with Gasteiger partial charge in [0.15, 0.2) is 0 Å². The van der Waals surface area contributed by atoms with E-state index in [-0.39, 0.29) is 16.8 Å². The van der Waals surface area contributed by atoms with Gasteiger partial charge in [-0.15, -0.1) is 11.8 Å². The number of pyridine rings is 1. The maximum absolute atomic E-state index is 12.7. The first kappa shape index (κ1) is 18.2. The van der Waals surface area contributed by atoms with Gasteiger partial charge in [-0.1, -0.05) is 6.07 Å². The van der Waals surface area contributed by atoms with Gasteiger partial charge in [0.25, 0.3) is 5.69 Å². The summed E-state index contributed by atoms with van der Waals surface area (Å²) in [6.45, 7) is 4.73. The fraction of sp³-hybridized carbons (Fsp3) is 0.333. The molecule has 1 aromatic carbocycles. The van der Waals surface area contributed by atoms with Gasteiger partial charge < -0.3 is 9.80 Å². The van der Waals surface area contributed by atoms with Crippen molar-refractivity contribution in [3.63, 3.8) is 0 Å². The van der Waals surface area contributed by atoms with Crippen LogP contribution in [0.2, 0.25) is 0 Å². The number of hydrogen-bond donors (Lipinski definition) is 0. The van der Waals surface area contributed by atoms with Crippen LogP contribution in [-0.2, 0) is 4.79 Å². The van der Waals surface area contributed by atoms with Crippen molar-refractivity contribution in [2.75, 3.05) is 31.1 Å². The molecule has 1 unspecified atom stereocenters. The molecule has 3 rings (SSSR count). The zero-order valence-corrected chi connectivity index (χ0v) is 15.3. The van der Waals surface area contributed by atoms with Gasteiger partial charge in [0.1, 0.15) is 5.82 Å². The number of piperazine rings is 1. The largest absolute Gasteiger partial charge is 0.353 e. The summed E-state index contributed by atoms with van der Waals surface area (Å²) in [4.78, 5) is 32.2. The third-order valence-electron chi connectivity index (χ3n) is 4.27. The molecule has 136 valence electrons. The van der Waals surface area contributed by atoms with Crippen LogP contribution in [0.5, 0.6) is 0 Å². The zero-order chi connectivity index (χ0) is 18.5. The molecular weight excluding hydrogens is 352 g/mol. The van der Waals surface area contributed by atoms with Gasteiger partial charge >= 0.3 is 0 Å². The van der Waals surface area contributed by atoms with Gasteiger partial charge in [-0.25, -0.2) is 4.98 Å². The highest BCUT2D eigenvalue weighted by Gasteiger charge is 2.26. The molecule has 7 nitrogen and oxygen atoms in total. The molecule has 0 radical (unpaired) electrons. The van der Waals surface area contributed by atoms with E-state index < -0.39 is 4.92 Å². The number of rotatable bonds is 5. The van der Waals surface area contributed by atoms with E-state index in [1.807, 2.05) is 30.0 Å². The van der Waals surface area contributed by atoms with E-state index in [0.717, 1.165) is 23.8 Å². The molecule has 2 heterocycles.